The zero-order valence-electron chi connectivity index (χ0n) is 15.8. The van der Waals surface area contributed by atoms with Crippen LogP contribution in [0.25, 0.3) is 0 Å². The van der Waals surface area contributed by atoms with Crippen LogP contribution < -0.4 is 11.1 Å². The summed E-state index contributed by atoms with van der Waals surface area (Å²) >= 11 is 0. The predicted molar refractivity (Wildman–Crippen MR) is 103 cm³/mol. The lowest BCUT2D eigenvalue weighted by atomic mass is 9.94. The van der Waals surface area contributed by atoms with Gasteiger partial charge in [-0.3, -0.25) is 4.99 Å². The zero-order chi connectivity index (χ0) is 16.8. The number of amidine groups is 1. The first-order valence-corrected chi connectivity index (χ1v) is 10.3. The Morgan fingerprint density at radius 2 is 1.43 bits per heavy atom. The maximum Gasteiger partial charge on any atom is 0.114 e. The van der Waals surface area contributed by atoms with Gasteiger partial charge in [0.15, 0.2) is 0 Å². The van der Waals surface area contributed by atoms with E-state index in [2.05, 4.69) is 24.2 Å². The van der Waals surface area contributed by atoms with Crippen LogP contribution in [0.15, 0.2) is 4.99 Å². The highest BCUT2D eigenvalue weighted by molar-refractivity contribution is 5.88. The fourth-order valence-electron chi connectivity index (χ4n) is 3.40. The standard InChI is InChI=1S/C20H41N3/c1-3-4-5-6-7-8-9-10-11-12-13-14-15-18(2)19(21)20-22-16-17-23-20/h18-19H,3-17,21H2,1-2H3,(H,22,23). The minimum atomic E-state index is 0.116. The summed E-state index contributed by atoms with van der Waals surface area (Å²) in [5.74, 6) is 1.58. The minimum absolute atomic E-state index is 0.116. The van der Waals surface area contributed by atoms with Gasteiger partial charge in [0.2, 0.25) is 0 Å². The van der Waals surface area contributed by atoms with Crippen LogP contribution in [0.1, 0.15) is 97.3 Å². The van der Waals surface area contributed by atoms with E-state index >= 15 is 0 Å². The summed E-state index contributed by atoms with van der Waals surface area (Å²) in [7, 11) is 0. The van der Waals surface area contributed by atoms with Crippen LogP contribution >= 0.6 is 0 Å². The molecule has 0 saturated carbocycles. The summed E-state index contributed by atoms with van der Waals surface area (Å²) in [6.45, 7) is 6.42. The number of nitrogens with two attached hydrogens (primary N) is 1. The van der Waals surface area contributed by atoms with Gasteiger partial charge in [-0.1, -0.05) is 90.9 Å². The average molecular weight is 324 g/mol. The Balaban J connectivity index is 1.84. The van der Waals surface area contributed by atoms with E-state index in [0.717, 1.165) is 18.9 Å². The molecule has 23 heavy (non-hydrogen) atoms. The Morgan fingerprint density at radius 3 is 1.91 bits per heavy atom. The number of rotatable bonds is 15. The van der Waals surface area contributed by atoms with Gasteiger partial charge in [0.25, 0.3) is 0 Å². The fourth-order valence-corrected chi connectivity index (χ4v) is 3.40. The minimum Gasteiger partial charge on any atom is -0.371 e. The predicted octanol–water partition coefficient (Wildman–Crippen LogP) is 5.04. The average Bonchev–Trinajstić information content (AvgIpc) is 3.09. The highest BCUT2D eigenvalue weighted by Gasteiger charge is 2.20. The lowest BCUT2D eigenvalue weighted by Gasteiger charge is -2.20. The molecule has 1 rings (SSSR count). The summed E-state index contributed by atoms with van der Waals surface area (Å²) in [4.78, 5) is 4.45. The van der Waals surface area contributed by atoms with Gasteiger partial charge in [-0.2, -0.15) is 0 Å². The normalized spacial score (nSPS) is 16.9. The van der Waals surface area contributed by atoms with Gasteiger partial charge >= 0.3 is 0 Å². The second kappa shape index (κ2) is 13.8. The molecule has 3 nitrogen and oxygen atoms in total. The van der Waals surface area contributed by atoms with Crippen LogP contribution in [0.2, 0.25) is 0 Å². The Labute approximate surface area is 144 Å². The molecule has 1 aliphatic heterocycles. The highest BCUT2D eigenvalue weighted by Crippen LogP contribution is 2.16. The van der Waals surface area contributed by atoms with Crippen molar-refractivity contribution < 1.29 is 0 Å². The van der Waals surface area contributed by atoms with E-state index in [1.165, 1.54) is 83.5 Å². The first kappa shape index (κ1) is 20.5. The van der Waals surface area contributed by atoms with Crippen molar-refractivity contribution >= 4 is 5.84 Å². The molecule has 3 heteroatoms. The molecule has 0 aromatic rings. The lowest BCUT2D eigenvalue weighted by molar-refractivity contribution is 0.454. The van der Waals surface area contributed by atoms with Gasteiger partial charge in [0, 0.05) is 6.54 Å². The third-order valence-corrected chi connectivity index (χ3v) is 5.14. The van der Waals surface area contributed by atoms with Gasteiger partial charge in [0.05, 0.1) is 12.6 Å². The Kier molecular flexibility index (Phi) is 12.3. The van der Waals surface area contributed by atoms with Gasteiger partial charge in [0.1, 0.15) is 5.84 Å². The van der Waals surface area contributed by atoms with E-state index in [1.54, 1.807) is 0 Å². The van der Waals surface area contributed by atoms with E-state index in [0.29, 0.717) is 5.92 Å². The Morgan fingerprint density at radius 1 is 0.913 bits per heavy atom. The molecule has 0 amide bonds. The quantitative estimate of drug-likeness (QED) is 0.415. The van der Waals surface area contributed by atoms with Crippen molar-refractivity contribution in [1.29, 1.82) is 0 Å². The van der Waals surface area contributed by atoms with Crippen LogP contribution in [0, 0.1) is 5.92 Å². The molecule has 0 aliphatic carbocycles. The van der Waals surface area contributed by atoms with Crippen molar-refractivity contribution in [1.82, 2.24) is 5.32 Å². The van der Waals surface area contributed by atoms with Crippen LogP contribution in [0.4, 0.5) is 0 Å². The Hall–Kier alpha value is -0.570. The number of nitrogens with zero attached hydrogens (tertiary/aromatic N) is 1. The Bertz CT molecular complexity index is 301. The third kappa shape index (κ3) is 10.0. The first-order valence-electron chi connectivity index (χ1n) is 10.3. The van der Waals surface area contributed by atoms with Crippen molar-refractivity contribution in [3.8, 4) is 0 Å². The monoisotopic (exact) mass is 323 g/mol. The van der Waals surface area contributed by atoms with Crippen molar-refractivity contribution in [2.45, 2.75) is 103 Å². The number of hydrogen-bond acceptors (Lipinski definition) is 3. The molecule has 0 bridgehead atoms. The molecule has 0 saturated heterocycles. The topological polar surface area (TPSA) is 50.4 Å². The highest BCUT2D eigenvalue weighted by atomic mass is 15.1. The number of aliphatic imine (C=N–C) groups is 1. The molecule has 1 aliphatic rings. The molecule has 0 aromatic heterocycles. The van der Waals surface area contributed by atoms with Crippen LogP contribution in [0.5, 0.6) is 0 Å². The number of nitrogens with one attached hydrogen (secondary N) is 1. The fraction of sp³-hybridized carbons (Fsp3) is 0.950. The summed E-state index contributed by atoms with van der Waals surface area (Å²) in [5.41, 5.74) is 6.27. The molecule has 0 fully saturated rings. The molecule has 2 unspecified atom stereocenters. The lowest BCUT2D eigenvalue weighted by Crippen LogP contribution is -2.42. The molecule has 0 aromatic carbocycles. The second-order valence-corrected chi connectivity index (χ2v) is 7.37. The molecule has 0 spiro atoms. The SMILES string of the molecule is CCCCCCCCCCCCCCC(C)C(N)C1=NCCN1. The number of unbranched alkanes of at least 4 members (excludes halogenated alkanes) is 11. The van der Waals surface area contributed by atoms with E-state index < -0.39 is 0 Å². The van der Waals surface area contributed by atoms with E-state index in [9.17, 15) is 0 Å². The summed E-state index contributed by atoms with van der Waals surface area (Å²) < 4.78 is 0. The molecule has 0 radical (unpaired) electrons. The van der Waals surface area contributed by atoms with Crippen molar-refractivity contribution in [2.75, 3.05) is 13.1 Å². The molecular formula is C20H41N3. The van der Waals surface area contributed by atoms with Gasteiger partial charge in [-0.05, 0) is 12.3 Å². The van der Waals surface area contributed by atoms with Gasteiger partial charge in [-0.25, -0.2) is 0 Å². The smallest absolute Gasteiger partial charge is 0.114 e. The zero-order valence-corrected chi connectivity index (χ0v) is 15.8. The van der Waals surface area contributed by atoms with Gasteiger partial charge < -0.3 is 11.1 Å². The molecule has 3 N–H and O–H groups in total. The molecule has 2 atom stereocenters. The van der Waals surface area contributed by atoms with Crippen molar-refractivity contribution in [3.63, 3.8) is 0 Å². The van der Waals surface area contributed by atoms with Gasteiger partial charge in [-0.15, -0.1) is 0 Å². The van der Waals surface area contributed by atoms with Crippen LogP contribution in [-0.4, -0.2) is 25.0 Å². The van der Waals surface area contributed by atoms with E-state index in [4.69, 9.17) is 5.73 Å². The first-order chi connectivity index (χ1) is 11.3. The van der Waals surface area contributed by atoms with Crippen molar-refractivity contribution in [2.24, 2.45) is 16.6 Å². The van der Waals surface area contributed by atoms with E-state index in [1.807, 2.05) is 0 Å². The van der Waals surface area contributed by atoms with E-state index in [-0.39, 0.29) is 6.04 Å². The number of hydrogen-bond donors (Lipinski definition) is 2. The largest absolute Gasteiger partial charge is 0.371 e. The third-order valence-electron chi connectivity index (χ3n) is 5.14. The maximum absolute atomic E-state index is 6.27. The van der Waals surface area contributed by atoms with Crippen LogP contribution in [0.3, 0.4) is 0 Å². The van der Waals surface area contributed by atoms with Crippen LogP contribution in [-0.2, 0) is 0 Å². The summed E-state index contributed by atoms with van der Waals surface area (Å²) in [5, 5.41) is 3.31. The second-order valence-electron chi connectivity index (χ2n) is 7.37. The van der Waals surface area contributed by atoms with Crippen molar-refractivity contribution in [3.05, 3.63) is 0 Å². The summed E-state index contributed by atoms with van der Waals surface area (Å²) in [6.07, 6.45) is 18.2. The molecule has 1 heterocycles. The molecule has 136 valence electrons. The summed E-state index contributed by atoms with van der Waals surface area (Å²) in [6, 6.07) is 0.116. The maximum atomic E-state index is 6.27. The molecular weight excluding hydrogens is 282 g/mol.